The molecule has 2 N–H and O–H groups in total. The van der Waals surface area contributed by atoms with Crippen LogP contribution in [-0.4, -0.2) is 17.2 Å². The molecule has 0 radical (unpaired) electrons. The summed E-state index contributed by atoms with van der Waals surface area (Å²) < 4.78 is 1.08. The molecule has 4 aromatic carbocycles. The van der Waals surface area contributed by atoms with Crippen LogP contribution >= 0.6 is 15.9 Å². The first kappa shape index (κ1) is 15.4. The van der Waals surface area contributed by atoms with E-state index in [-0.39, 0.29) is 0 Å². The summed E-state index contributed by atoms with van der Waals surface area (Å²) in [4.78, 5) is 0. The fourth-order valence-corrected chi connectivity index (χ4v) is 3.93. The van der Waals surface area contributed by atoms with E-state index >= 15 is 0 Å². The third-order valence-electron chi connectivity index (χ3n) is 4.34. The standard InChI is InChI=1S/C20H14BBrO2/c22-20-17-10-3-1-8-15(17)19(16-9-2-4-11-18(16)20)13-6-5-7-14(12-13)21(23)24/h1-12,23-24H. The molecule has 0 amide bonds. The molecule has 116 valence electrons. The van der Waals surface area contributed by atoms with Gasteiger partial charge in [-0.25, -0.2) is 0 Å². The van der Waals surface area contributed by atoms with Crippen LogP contribution in [0.4, 0.5) is 0 Å². The van der Waals surface area contributed by atoms with Crippen molar-refractivity contribution in [3.8, 4) is 11.1 Å². The molecule has 0 atom stereocenters. The first-order valence-corrected chi connectivity index (χ1v) is 8.51. The lowest BCUT2D eigenvalue weighted by atomic mass is 9.78. The summed E-state index contributed by atoms with van der Waals surface area (Å²) in [6.45, 7) is 0. The number of hydrogen-bond acceptors (Lipinski definition) is 2. The van der Waals surface area contributed by atoms with Crippen molar-refractivity contribution in [1.29, 1.82) is 0 Å². The van der Waals surface area contributed by atoms with Crippen molar-refractivity contribution in [2.75, 3.05) is 0 Å². The van der Waals surface area contributed by atoms with Crippen molar-refractivity contribution in [3.05, 3.63) is 77.3 Å². The van der Waals surface area contributed by atoms with Crippen LogP contribution in [0.5, 0.6) is 0 Å². The second-order valence-corrected chi connectivity index (χ2v) is 6.57. The predicted octanol–water partition coefficient (Wildman–Crippen LogP) is 4.10. The highest BCUT2D eigenvalue weighted by Crippen LogP contribution is 2.41. The maximum Gasteiger partial charge on any atom is 0.488 e. The molecular weight excluding hydrogens is 363 g/mol. The highest BCUT2D eigenvalue weighted by atomic mass is 79.9. The Morgan fingerprint density at radius 2 is 1.21 bits per heavy atom. The minimum atomic E-state index is -1.47. The van der Waals surface area contributed by atoms with Gasteiger partial charge in [0.05, 0.1) is 0 Å². The van der Waals surface area contributed by atoms with Gasteiger partial charge in [-0.3, -0.25) is 0 Å². The van der Waals surface area contributed by atoms with Gasteiger partial charge in [-0.1, -0.05) is 72.8 Å². The van der Waals surface area contributed by atoms with E-state index in [1.165, 1.54) is 0 Å². The largest absolute Gasteiger partial charge is 0.488 e. The molecule has 0 unspecified atom stereocenters. The number of fused-ring (bicyclic) bond motifs is 2. The van der Waals surface area contributed by atoms with Gasteiger partial charge in [0.15, 0.2) is 0 Å². The molecule has 0 aliphatic carbocycles. The summed E-state index contributed by atoms with van der Waals surface area (Å²) in [5.74, 6) is 0. The Morgan fingerprint density at radius 1 is 0.667 bits per heavy atom. The molecule has 0 saturated carbocycles. The molecule has 0 saturated heterocycles. The van der Waals surface area contributed by atoms with Crippen LogP contribution < -0.4 is 5.46 Å². The lowest BCUT2D eigenvalue weighted by Gasteiger charge is -2.15. The van der Waals surface area contributed by atoms with Gasteiger partial charge in [0.1, 0.15) is 0 Å². The molecule has 24 heavy (non-hydrogen) atoms. The molecular formula is C20H14BBrO2. The lowest BCUT2D eigenvalue weighted by molar-refractivity contribution is 0.426. The molecule has 0 spiro atoms. The summed E-state index contributed by atoms with van der Waals surface area (Å²) in [5.41, 5.74) is 2.57. The van der Waals surface area contributed by atoms with E-state index in [0.29, 0.717) is 5.46 Å². The number of hydrogen-bond donors (Lipinski definition) is 2. The number of rotatable bonds is 2. The third-order valence-corrected chi connectivity index (χ3v) is 5.19. The molecule has 0 aliphatic heterocycles. The summed E-state index contributed by atoms with van der Waals surface area (Å²) in [6, 6.07) is 23.9. The zero-order valence-electron chi connectivity index (χ0n) is 12.8. The molecule has 4 heteroatoms. The van der Waals surface area contributed by atoms with E-state index in [9.17, 15) is 10.0 Å². The Bertz CT molecular complexity index is 1000. The van der Waals surface area contributed by atoms with Gasteiger partial charge in [0.2, 0.25) is 0 Å². The summed E-state index contributed by atoms with van der Waals surface area (Å²) >= 11 is 3.75. The zero-order valence-corrected chi connectivity index (χ0v) is 14.4. The smallest absolute Gasteiger partial charge is 0.423 e. The summed E-state index contributed by atoms with van der Waals surface area (Å²) in [5, 5.41) is 23.6. The maximum absolute atomic E-state index is 9.51. The Balaban J connectivity index is 2.17. The van der Waals surface area contributed by atoms with Gasteiger partial charge in [-0.15, -0.1) is 0 Å². The third kappa shape index (κ3) is 2.44. The fraction of sp³-hybridized carbons (Fsp3) is 0. The number of halogens is 1. The molecule has 0 heterocycles. The lowest BCUT2D eigenvalue weighted by Crippen LogP contribution is -2.29. The minimum Gasteiger partial charge on any atom is -0.423 e. The van der Waals surface area contributed by atoms with Crippen LogP contribution in [0.1, 0.15) is 0 Å². The normalized spacial score (nSPS) is 11.1. The molecule has 4 aromatic rings. The Morgan fingerprint density at radius 3 is 1.75 bits per heavy atom. The van der Waals surface area contributed by atoms with Crippen molar-refractivity contribution in [1.82, 2.24) is 0 Å². The predicted molar refractivity (Wildman–Crippen MR) is 104 cm³/mol. The average molecular weight is 377 g/mol. The molecule has 2 nitrogen and oxygen atoms in total. The number of benzene rings is 4. The first-order chi connectivity index (χ1) is 11.7. The fourth-order valence-electron chi connectivity index (χ4n) is 3.24. The zero-order chi connectivity index (χ0) is 16.7. The van der Waals surface area contributed by atoms with E-state index in [0.717, 1.165) is 37.1 Å². The maximum atomic E-state index is 9.51. The van der Waals surface area contributed by atoms with Gasteiger partial charge < -0.3 is 10.0 Å². The van der Waals surface area contributed by atoms with E-state index in [4.69, 9.17) is 0 Å². The highest BCUT2D eigenvalue weighted by Gasteiger charge is 2.16. The second kappa shape index (κ2) is 6.06. The van der Waals surface area contributed by atoms with Crippen molar-refractivity contribution in [2.45, 2.75) is 0 Å². The highest BCUT2D eigenvalue weighted by molar-refractivity contribution is 9.10. The summed E-state index contributed by atoms with van der Waals surface area (Å²) in [7, 11) is -1.47. The molecule has 0 aliphatic rings. The SMILES string of the molecule is OB(O)c1cccc(-c2c3ccccc3c(Br)c3ccccc23)c1. The average Bonchev–Trinajstić information content (AvgIpc) is 2.62. The second-order valence-electron chi connectivity index (χ2n) is 5.78. The molecule has 0 fully saturated rings. The Hall–Kier alpha value is -2.14. The molecule has 4 rings (SSSR count). The Labute approximate surface area is 148 Å². The Kier molecular flexibility index (Phi) is 3.89. The van der Waals surface area contributed by atoms with E-state index in [2.05, 4.69) is 40.2 Å². The minimum absolute atomic E-state index is 0.489. The van der Waals surface area contributed by atoms with Crippen LogP contribution in [0.25, 0.3) is 32.7 Å². The van der Waals surface area contributed by atoms with Crippen molar-refractivity contribution < 1.29 is 10.0 Å². The van der Waals surface area contributed by atoms with Crippen LogP contribution in [0.2, 0.25) is 0 Å². The molecule has 0 bridgehead atoms. The summed E-state index contributed by atoms with van der Waals surface area (Å²) in [6.07, 6.45) is 0. The first-order valence-electron chi connectivity index (χ1n) is 7.72. The monoisotopic (exact) mass is 376 g/mol. The quantitative estimate of drug-likeness (QED) is 0.408. The van der Waals surface area contributed by atoms with E-state index in [1.54, 1.807) is 6.07 Å². The van der Waals surface area contributed by atoms with Crippen molar-refractivity contribution in [3.63, 3.8) is 0 Å². The van der Waals surface area contributed by atoms with Gasteiger partial charge in [-0.05, 0) is 54.1 Å². The van der Waals surface area contributed by atoms with Gasteiger partial charge in [0.25, 0.3) is 0 Å². The molecule has 0 aromatic heterocycles. The van der Waals surface area contributed by atoms with Crippen molar-refractivity contribution >= 4 is 50.1 Å². The topological polar surface area (TPSA) is 40.5 Å². The van der Waals surface area contributed by atoms with E-state index in [1.807, 2.05) is 42.5 Å². The van der Waals surface area contributed by atoms with Crippen LogP contribution in [-0.2, 0) is 0 Å². The van der Waals surface area contributed by atoms with Gasteiger partial charge >= 0.3 is 7.12 Å². The van der Waals surface area contributed by atoms with E-state index < -0.39 is 7.12 Å². The van der Waals surface area contributed by atoms with Crippen molar-refractivity contribution in [2.24, 2.45) is 0 Å². The van der Waals surface area contributed by atoms with Gasteiger partial charge in [0, 0.05) is 4.47 Å². The van der Waals surface area contributed by atoms with Crippen LogP contribution in [0.15, 0.2) is 77.3 Å². The van der Waals surface area contributed by atoms with Crippen LogP contribution in [0.3, 0.4) is 0 Å². The van der Waals surface area contributed by atoms with Crippen LogP contribution in [0, 0.1) is 0 Å². The van der Waals surface area contributed by atoms with Gasteiger partial charge in [-0.2, -0.15) is 0 Å².